The summed E-state index contributed by atoms with van der Waals surface area (Å²) in [7, 11) is 1.57. The third-order valence-electron chi connectivity index (χ3n) is 9.16. The Labute approximate surface area is 272 Å². The summed E-state index contributed by atoms with van der Waals surface area (Å²) in [5.41, 5.74) is 0.0211. The maximum Gasteiger partial charge on any atom is 0.258 e. The van der Waals surface area contributed by atoms with E-state index in [1.807, 2.05) is 78.9 Å². The van der Waals surface area contributed by atoms with Crippen LogP contribution in [0.4, 0.5) is 5.69 Å². The molecular formula is C39H30N2O4S. The summed E-state index contributed by atoms with van der Waals surface area (Å²) in [4.78, 5) is 47.2. The van der Waals surface area contributed by atoms with E-state index in [9.17, 15) is 0 Å². The molecule has 0 aliphatic carbocycles. The zero-order valence-electron chi connectivity index (χ0n) is 25.1. The molecule has 0 bridgehead atoms. The Balaban J connectivity index is 1.53. The number of rotatable bonds is 8. The van der Waals surface area contributed by atoms with Crippen molar-refractivity contribution in [3.05, 3.63) is 167 Å². The number of hydrogen-bond acceptors (Lipinski definition) is 5. The molecule has 2 aliphatic heterocycles. The standard InChI is InChI=1S/C39H30N2O4S/c1-45-30-23-21-27(22-24-30)33-38(34(42)28-15-7-3-8-16-28,35(43)29-17-9-4-10-18-29)36(46)40-39(33)31-19-11-12-20-32(31)41(37(39)44)25-26-13-5-2-6-14-26/h2-24,33H,25H2,1H3,(H,40,46). The van der Waals surface area contributed by atoms with Gasteiger partial charge in [0.1, 0.15) is 5.75 Å². The van der Waals surface area contributed by atoms with Gasteiger partial charge >= 0.3 is 0 Å². The molecular weight excluding hydrogens is 593 g/mol. The molecule has 46 heavy (non-hydrogen) atoms. The highest BCUT2D eigenvalue weighted by Crippen LogP contribution is 2.61. The Hall–Kier alpha value is -5.40. The smallest absolute Gasteiger partial charge is 0.258 e. The number of carbonyl (C=O) groups excluding carboxylic acids is 3. The Morgan fingerprint density at radius 3 is 1.83 bits per heavy atom. The van der Waals surface area contributed by atoms with Crippen molar-refractivity contribution in [1.29, 1.82) is 0 Å². The summed E-state index contributed by atoms with van der Waals surface area (Å²) in [6, 6.07) is 41.9. The van der Waals surface area contributed by atoms with E-state index >= 15 is 14.4 Å². The van der Waals surface area contributed by atoms with Crippen LogP contribution in [0.1, 0.15) is 43.3 Å². The molecule has 2 atom stereocenters. The van der Waals surface area contributed by atoms with Gasteiger partial charge < -0.3 is 15.0 Å². The van der Waals surface area contributed by atoms with Crippen LogP contribution in [0.2, 0.25) is 0 Å². The van der Waals surface area contributed by atoms with Crippen LogP contribution in [0.3, 0.4) is 0 Å². The Kier molecular flexibility index (Phi) is 7.34. The van der Waals surface area contributed by atoms with E-state index in [1.54, 1.807) is 72.7 Å². The second-order valence-corrected chi connectivity index (χ2v) is 12.0. The van der Waals surface area contributed by atoms with Gasteiger partial charge in [0.15, 0.2) is 22.5 Å². The molecule has 7 heteroatoms. The van der Waals surface area contributed by atoms with Crippen molar-refractivity contribution >= 4 is 40.4 Å². The summed E-state index contributed by atoms with van der Waals surface area (Å²) in [5.74, 6) is -1.67. The van der Waals surface area contributed by atoms with E-state index in [2.05, 4.69) is 5.32 Å². The van der Waals surface area contributed by atoms with Crippen molar-refractivity contribution in [3.63, 3.8) is 0 Å². The van der Waals surface area contributed by atoms with E-state index in [0.29, 0.717) is 40.2 Å². The van der Waals surface area contributed by atoms with Crippen LogP contribution >= 0.6 is 12.2 Å². The molecule has 6 nitrogen and oxygen atoms in total. The fourth-order valence-corrected chi connectivity index (χ4v) is 7.57. The van der Waals surface area contributed by atoms with E-state index in [-0.39, 0.29) is 10.9 Å². The predicted molar refractivity (Wildman–Crippen MR) is 181 cm³/mol. The Morgan fingerprint density at radius 1 is 0.739 bits per heavy atom. The number of methoxy groups -OCH3 is 1. The first-order valence-electron chi connectivity index (χ1n) is 15.0. The van der Waals surface area contributed by atoms with Gasteiger partial charge in [-0.15, -0.1) is 0 Å². The van der Waals surface area contributed by atoms with Gasteiger partial charge in [-0.25, -0.2) is 0 Å². The quantitative estimate of drug-likeness (QED) is 0.115. The van der Waals surface area contributed by atoms with E-state index in [4.69, 9.17) is 17.0 Å². The summed E-state index contributed by atoms with van der Waals surface area (Å²) < 4.78 is 5.47. The van der Waals surface area contributed by atoms with Gasteiger partial charge in [0.05, 0.1) is 24.3 Å². The van der Waals surface area contributed by atoms with Crippen LogP contribution in [0.15, 0.2) is 140 Å². The molecule has 2 unspecified atom stereocenters. The minimum Gasteiger partial charge on any atom is -0.497 e. The molecule has 2 heterocycles. The first-order chi connectivity index (χ1) is 22.4. The van der Waals surface area contributed by atoms with Gasteiger partial charge in [-0.1, -0.05) is 134 Å². The highest BCUT2D eigenvalue weighted by molar-refractivity contribution is 7.80. The third-order valence-corrected chi connectivity index (χ3v) is 9.58. The van der Waals surface area contributed by atoms with Gasteiger partial charge in [0, 0.05) is 22.6 Å². The van der Waals surface area contributed by atoms with E-state index in [1.165, 1.54) is 0 Å². The lowest BCUT2D eigenvalue weighted by Gasteiger charge is -2.37. The van der Waals surface area contributed by atoms with Gasteiger partial charge in [-0.2, -0.15) is 0 Å². The highest BCUT2D eigenvalue weighted by atomic mass is 32.1. The van der Waals surface area contributed by atoms with Crippen molar-refractivity contribution in [2.75, 3.05) is 12.0 Å². The minimum atomic E-state index is -1.96. The van der Waals surface area contributed by atoms with Crippen LogP contribution in [-0.4, -0.2) is 29.6 Å². The van der Waals surface area contributed by atoms with Crippen molar-refractivity contribution in [3.8, 4) is 5.75 Å². The van der Waals surface area contributed by atoms with Crippen molar-refractivity contribution < 1.29 is 19.1 Å². The molecule has 1 amide bonds. The number of hydrogen-bond donors (Lipinski definition) is 1. The fraction of sp³-hybridized carbons (Fsp3) is 0.128. The molecule has 7 rings (SSSR count). The number of nitrogens with zero attached hydrogens (tertiary/aromatic N) is 1. The number of anilines is 1. The van der Waals surface area contributed by atoms with Crippen LogP contribution in [-0.2, 0) is 16.9 Å². The second kappa shape index (κ2) is 11.5. The van der Waals surface area contributed by atoms with Gasteiger partial charge in [-0.05, 0) is 29.3 Å². The SMILES string of the molecule is COc1ccc(C2C(C(=O)c3ccccc3)(C(=O)c3ccccc3)C(=S)NC23C(=O)N(Cc2ccccc2)c2ccccc23)cc1. The summed E-state index contributed by atoms with van der Waals surface area (Å²) in [6.45, 7) is 0.300. The van der Waals surface area contributed by atoms with Crippen molar-refractivity contribution in [1.82, 2.24) is 5.32 Å². The summed E-state index contributed by atoms with van der Waals surface area (Å²) in [6.07, 6.45) is 0. The van der Waals surface area contributed by atoms with Crippen LogP contribution in [0, 0.1) is 5.41 Å². The van der Waals surface area contributed by atoms with E-state index < -0.39 is 28.4 Å². The fourth-order valence-electron chi connectivity index (χ4n) is 7.11. The highest BCUT2D eigenvalue weighted by Gasteiger charge is 2.73. The van der Waals surface area contributed by atoms with Crippen LogP contribution in [0.25, 0.3) is 0 Å². The number of ether oxygens (including phenoxy) is 1. The first kappa shape index (κ1) is 29.3. The zero-order valence-corrected chi connectivity index (χ0v) is 25.9. The van der Waals surface area contributed by atoms with Gasteiger partial charge in [-0.3, -0.25) is 14.4 Å². The molecule has 1 N–H and O–H groups in total. The number of para-hydroxylation sites is 1. The summed E-state index contributed by atoms with van der Waals surface area (Å²) >= 11 is 6.14. The molecule has 1 spiro atoms. The first-order valence-corrected chi connectivity index (χ1v) is 15.5. The van der Waals surface area contributed by atoms with Crippen LogP contribution < -0.4 is 15.0 Å². The number of thiocarbonyl (C=S) groups is 1. The monoisotopic (exact) mass is 622 g/mol. The normalized spacial score (nSPS) is 19.5. The molecule has 226 valence electrons. The largest absolute Gasteiger partial charge is 0.497 e. The number of nitrogens with one attached hydrogen (secondary N) is 1. The molecule has 0 saturated carbocycles. The minimum absolute atomic E-state index is 0.0146. The maximum atomic E-state index is 15.2. The maximum absolute atomic E-state index is 15.2. The Bertz CT molecular complexity index is 1910. The van der Waals surface area contributed by atoms with E-state index in [0.717, 1.165) is 5.56 Å². The van der Waals surface area contributed by atoms with Gasteiger partial charge in [0.2, 0.25) is 0 Å². The van der Waals surface area contributed by atoms with Crippen LogP contribution in [0.5, 0.6) is 5.75 Å². The summed E-state index contributed by atoms with van der Waals surface area (Å²) in [5, 5.41) is 3.39. The van der Waals surface area contributed by atoms with Crippen molar-refractivity contribution in [2.45, 2.75) is 18.0 Å². The molecule has 0 aromatic heterocycles. The molecule has 0 radical (unpaired) electrons. The molecule has 1 saturated heterocycles. The predicted octanol–water partition coefficient (Wildman–Crippen LogP) is 6.90. The van der Waals surface area contributed by atoms with Crippen molar-refractivity contribution in [2.24, 2.45) is 5.41 Å². The number of carbonyl (C=O) groups is 3. The second-order valence-electron chi connectivity index (χ2n) is 11.6. The molecule has 2 aliphatic rings. The number of ketones is 2. The topological polar surface area (TPSA) is 75.7 Å². The lowest BCUT2D eigenvalue weighted by atomic mass is 9.59. The third kappa shape index (κ3) is 4.30. The average Bonchev–Trinajstić information content (AvgIpc) is 3.52. The molecule has 1 fully saturated rings. The number of Topliss-reactive ketones (excluding diaryl/α,β-unsaturated/α-hetero) is 2. The number of fused-ring (bicyclic) bond motifs is 2. The molecule has 5 aromatic carbocycles. The number of amides is 1. The molecule has 5 aromatic rings. The Morgan fingerprint density at radius 2 is 1.26 bits per heavy atom. The zero-order chi connectivity index (χ0) is 31.9. The average molecular weight is 623 g/mol. The lowest BCUT2D eigenvalue weighted by molar-refractivity contribution is -0.124. The number of benzene rings is 5. The lowest BCUT2D eigenvalue weighted by Crippen LogP contribution is -2.52. The van der Waals surface area contributed by atoms with Gasteiger partial charge in [0.25, 0.3) is 5.91 Å².